The molecule has 0 amide bonds. The molecule has 5 N–H and O–H groups in total. The molecule has 0 aromatic heterocycles. The van der Waals surface area contributed by atoms with E-state index in [4.69, 9.17) is 24.5 Å². The van der Waals surface area contributed by atoms with Gasteiger partial charge in [0.15, 0.2) is 0 Å². The van der Waals surface area contributed by atoms with Crippen LogP contribution >= 0.6 is 31.1 Å². The number of phosphoric acid groups is 3. The average molecular weight is 348 g/mol. The second-order valence-electron chi connectivity index (χ2n) is 2.42. The fourth-order valence-electron chi connectivity index (χ4n) is 0.476. The Kier molecular flexibility index (Phi) is 5.87. The molecular weight excluding hydrogens is 340 g/mol. The molecule has 0 aromatic rings. The molecule has 0 heterocycles. The number of hydrogen-bond donors (Lipinski definition) is 5. The van der Waals surface area contributed by atoms with Crippen molar-refractivity contribution in [2.75, 3.05) is 0 Å². The van der Waals surface area contributed by atoms with E-state index in [1.807, 2.05) is 0 Å². The zero-order chi connectivity index (χ0) is 14.8. The molecule has 0 rings (SSSR count). The molecule has 16 heteroatoms. The van der Waals surface area contributed by atoms with Crippen LogP contribution in [0.25, 0.3) is 0 Å². The third kappa shape index (κ3) is 8.44. The average Bonchev–Trinajstić information content (AvgIpc) is 1.93. The highest BCUT2D eigenvalue weighted by Gasteiger charge is 2.43. The Hall–Kier alpha value is 0.340. The summed E-state index contributed by atoms with van der Waals surface area (Å²) in [4.78, 5) is 42.5. The molecule has 0 aromatic carbocycles. The van der Waals surface area contributed by atoms with Gasteiger partial charge in [0.25, 0.3) is 0 Å². The first-order valence-corrected chi connectivity index (χ1v) is 9.66. The molecule has 0 saturated heterocycles. The molecule has 0 fully saturated rings. The molecule has 0 aliphatic carbocycles. The summed E-state index contributed by atoms with van der Waals surface area (Å²) in [7, 11) is -21.6. The summed E-state index contributed by atoms with van der Waals surface area (Å²) in [5, 5.41) is 0. The lowest BCUT2D eigenvalue weighted by Crippen LogP contribution is -1.95. The van der Waals surface area contributed by atoms with Crippen molar-refractivity contribution in [3.05, 3.63) is 12.4 Å². The van der Waals surface area contributed by atoms with Gasteiger partial charge >= 0.3 is 31.1 Å². The Labute approximate surface area is 99.8 Å². The minimum Gasteiger partial charge on any atom is -0.321 e. The van der Waals surface area contributed by atoms with Gasteiger partial charge in [0, 0.05) is 5.82 Å². The van der Waals surface area contributed by atoms with Crippen LogP contribution in [0.2, 0.25) is 0 Å². The van der Waals surface area contributed by atoms with Crippen LogP contribution in [0.3, 0.4) is 0 Å². The van der Waals surface area contributed by atoms with Gasteiger partial charge in [0.2, 0.25) is 0 Å². The van der Waals surface area contributed by atoms with E-state index in [2.05, 4.69) is 19.5 Å². The topological polar surface area (TPSA) is 197 Å². The SMILES string of the molecule is C=CP(=O)(O)OP(=O)(O)OP(=O)(O)OP(=O)(O)O. The first kappa shape index (κ1) is 18.3. The van der Waals surface area contributed by atoms with Crippen molar-refractivity contribution >= 4 is 31.1 Å². The fraction of sp³-hybridized carbons (Fsp3) is 0. The minimum absolute atomic E-state index is 0.214. The van der Waals surface area contributed by atoms with Crippen molar-refractivity contribution in [1.82, 2.24) is 0 Å². The maximum atomic E-state index is 11.0. The molecule has 0 radical (unpaired) electrons. The highest BCUT2D eigenvalue weighted by atomic mass is 31.3. The largest absolute Gasteiger partial charge is 0.490 e. The van der Waals surface area contributed by atoms with E-state index in [1.54, 1.807) is 0 Å². The molecule has 18 heavy (non-hydrogen) atoms. The Balaban J connectivity index is 4.94. The Morgan fingerprint density at radius 1 is 0.778 bits per heavy atom. The van der Waals surface area contributed by atoms with Gasteiger partial charge in [0.1, 0.15) is 0 Å². The molecule has 0 spiro atoms. The third-order valence-corrected chi connectivity index (χ3v) is 6.42. The van der Waals surface area contributed by atoms with Crippen LogP contribution in [0.4, 0.5) is 0 Å². The van der Waals surface area contributed by atoms with Crippen molar-refractivity contribution in [2.24, 2.45) is 0 Å². The van der Waals surface area contributed by atoms with Crippen molar-refractivity contribution in [3.63, 3.8) is 0 Å². The summed E-state index contributed by atoms with van der Waals surface area (Å²) >= 11 is 0. The van der Waals surface area contributed by atoms with Crippen LogP contribution in [0.5, 0.6) is 0 Å². The fourth-order valence-corrected chi connectivity index (χ4v) is 4.82. The molecule has 0 saturated carbocycles. The highest BCUT2D eigenvalue weighted by Crippen LogP contribution is 2.70. The molecule has 3 unspecified atom stereocenters. The summed E-state index contributed by atoms with van der Waals surface area (Å²) in [5.74, 6) is 0.214. The van der Waals surface area contributed by atoms with Gasteiger partial charge < -0.3 is 24.5 Å². The van der Waals surface area contributed by atoms with E-state index in [0.29, 0.717) is 0 Å². The van der Waals surface area contributed by atoms with E-state index in [9.17, 15) is 18.3 Å². The lowest BCUT2D eigenvalue weighted by molar-refractivity contribution is 0.204. The molecule has 0 aliphatic heterocycles. The summed E-state index contributed by atoms with van der Waals surface area (Å²) in [6, 6.07) is 0. The van der Waals surface area contributed by atoms with E-state index in [0.717, 1.165) is 0 Å². The van der Waals surface area contributed by atoms with E-state index in [1.165, 1.54) is 0 Å². The predicted molar refractivity (Wildman–Crippen MR) is 55.0 cm³/mol. The highest BCUT2D eigenvalue weighted by molar-refractivity contribution is 7.71. The molecule has 3 atom stereocenters. The second kappa shape index (κ2) is 5.76. The second-order valence-corrected chi connectivity index (χ2v) is 8.73. The number of hydrogen-bond acceptors (Lipinski definition) is 7. The monoisotopic (exact) mass is 348 g/mol. The van der Waals surface area contributed by atoms with Crippen molar-refractivity contribution in [2.45, 2.75) is 0 Å². The third-order valence-electron chi connectivity index (χ3n) is 0.867. The van der Waals surface area contributed by atoms with E-state index in [-0.39, 0.29) is 5.82 Å². The van der Waals surface area contributed by atoms with E-state index < -0.39 is 31.1 Å². The van der Waals surface area contributed by atoms with Crippen molar-refractivity contribution < 1.29 is 55.7 Å². The van der Waals surface area contributed by atoms with Gasteiger partial charge in [-0.15, -0.1) is 0 Å². The summed E-state index contributed by atoms with van der Waals surface area (Å²) < 4.78 is 52.8. The maximum Gasteiger partial charge on any atom is 0.490 e. The van der Waals surface area contributed by atoms with Crippen LogP contribution < -0.4 is 0 Å². The molecule has 12 nitrogen and oxygen atoms in total. The summed E-state index contributed by atoms with van der Waals surface area (Å²) in [6.07, 6.45) is 0. The van der Waals surface area contributed by atoms with Gasteiger partial charge in [-0.1, -0.05) is 6.58 Å². The zero-order valence-electron chi connectivity index (χ0n) is 8.17. The Morgan fingerprint density at radius 2 is 1.17 bits per heavy atom. The molecule has 0 aliphatic rings. The van der Waals surface area contributed by atoms with Gasteiger partial charge in [-0.25, -0.2) is 18.0 Å². The summed E-state index contributed by atoms with van der Waals surface area (Å²) in [6.45, 7) is 2.76. The van der Waals surface area contributed by atoms with Crippen LogP contribution in [0.1, 0.15) is 0 Å². The minimum atomic E-state index is -5.70. The van der Waals surface area contributed by atoms with Crippen molar-refractivity contribution in [1.29, 1.82) is 0 Å². The normalized spacial score (nSPS) is 22.5. The Morgan fingerprint density at radius 3 is 1.50 bits per heavy atom. The summed E-state index contributed by atoms with van der Waals surface area (Å²) in [5.41, 5.74) is 0. The lowest BCUT2D eigenvalue weighted by atomic mass is 11.3. The predicted octanol–water partition coefficient (Wildman–Crippen LogP) is 0.659. The van der Waals surface area contributed by atoms with Crippen LogP contribution in [0.15, 0.2) is 12.4 Å². The van der Waals surface area contributed by atoms with Gasteiger partial charge in [0.05, 0.1) is 0 Å². The van der Waals surface area contributed by atoms with Crippen LogP contribution in [-0.2, 0) is 31.2 Å². The van der Waals surface area contributed by atoms with Crippen LogP contribution in [0, 0.1) is 0 Å². The van der Waals surface area contributed by atoms with Gasteiger partial charge in [-0.05, 0) is 0 Å². The molecule has 108 valence electrons. The first-order chi connectivity index (χ1) is 7.68. The van der Waals surface area contributed by atoms with E-state index >= 15 is 0 Å². The zero-order valence-corrected chi connectivity index (χ0v) is 11.7. The van der Waals surface area contributed by atoms with Crippen LogP contribution in [-0.4, -0.2) is 24.5 Å². The smallest absolute Gasteiger partial charge is 0.321 e. The maximum absolute atomic E-state index is 11.0. The quantitative estimate of drug-likeness (QED) is 0.403. The molecule has 0 bridgehead atoms. The first-order valence-electron chi connectivity index (χ1n) is 3.49. The van der Waals surface area contributed by atoms with Crippen molar-refractivity contribution in [3.8, 4) is 0 Å². The Bertz CT molecular complexity index is 498. The lowest BCUT2D eigenvalue weighted by Gasteiger charge is -2.16. The number of rotatable bonds is 7. The molecular formula is C2H8O12P4. The standard InChI is InChI=1S/C2H8O12P4/c1-2-15(3,4)12-17(8,9)14-18(10,11)13-16(5,6)7/h2H,1H2,(H,3,4)(H,8,9)(H,10,11)(H2,5,6,7). The van der Waals surface area contributed by atoms with Gasteiger partial charge in [-0.2, -0.15) is 8.62 Å². The van der Waals surface area contributed by atoms with Gasteiger partial charge in [-0.3, -0.25) is 4.57 Å².